The monoisotopic (exact) mass is 362 g/mol. The first kappa shape index (κ1) is 16.8. The summed E-state index contributed by atoms with van der Waals surface area (Å²) in [4.78, 5) is 12.4. The van der Waals surface area contributed by atoms with Crippen molar-refractivity contribution in [2.24, 2.45) is 0 Å². The minimum atomic E-state index is -0.294. The second kappa shape index (κ2) is 6.95. The largest absolute Gasteiger partial charge is 0.454 e. The van der Waals surface area contributed by atoms with Crippen molar-refractivity contribution in [3.05, 3.63) is 65.2 Å². The van der Waals surface area contributed by atoms with Gasteiger partial charge in [0.1, 0.15) is 0 Å². The molecule has 1 aliphatic heterocycles. The first-order chi connectivity index (χ1) is 13.1. The third kappa shape index (κ3) is 3.82. The smallest absolute Gasteiger partial charge is 0.257 e. The molecule has 0 saturated heterocycles. The number of fused-ring (bicyclic) bond motifs is 1. The number of carbonyl (C=O) groups excluding carboxylic acids is 1. The zero-order valence-corrected chi connectivity index (χ0v) is 14.9. The summed E-state index contributed by atoms with van der Waals surface area (Å²) >= 11 is 0. The summed E-state index contributed by atoms with van der Waals surface area (Å²) in [6, 6.07) is 14.6. The maximum Gasteiger partial charge on any atom is 0.257 e. The van der Waals surface area contributed by atoms with Gasteiger partial charge in [-0.15, -0.1) is 10.2 Å². The number of hydrogen-bond donors (Lipinski definition) is 2. The van der Waals surface area contributed by atoms with E-state index < -0.39 is 0 Å². The lowest BCUT2D eigenvalue weighted by molar-refractivity contribution is 0.102. The van der Waals surface area contributed by atoms with Crippen LogP contribution in [0.4, 0.5) is 17.3 Å². The molecule has 0 bridgehead atoms. The van der Waals surface area contributed by atoms with Crippen molar-refractivity contribution in [3.63, 3.8) is 0 Å². The maximum absolute atomic E-state index is 12.4. The molecule has 1 amide bonds. The average Bonchev–Trinajstić information content (AvgIpc) is 3.10. The minimum Gasteiger partial charge on any atom is -0.454 e. The Hall–Kier alpha value is -3.61. The second-order valence-electron chi connectivity index (χ2n) is 6.33. The fourth-order valence-electron chi connectivity index (χ4n) is 2.89. The van der Waals surface area contributed by atoms with E-state index in [1.165, 1.54) is 0 Å². The van der Waals surface area contributed by atoms with Gasteiger partial charge in [0.05, 0.1) is 0 Å². The van der Waals surface area contributed by atoms with Crippen LogP contribution in [0.1, 0.15) is 21.5 Å². The highest BCUT2D eigenvalue weighted by molar-refractivity contribution is 6.04. The SMILES string of the molecule is Cc1cc(C)cc(Nc2ccc(NC(=O)c3ccc4c(c3)OCO4)nn2)c1. The first-order valence-electron chi connectivity index (χ1n) is 8.47. The molecule has 0 saturated carbocycles. The molecule has 0 aliphatic carbocycles. The Balaban J connectivity index is 1.43. The van der Waals surface area contributed by atoms with Crippen molar-refractivity contribution < 1.29 is 14.3 Å². The van der Waals surface area contributed by atoms with Gasteiger partial charge in [-0.05, 0) is 67.4 Å². The van der Waals surface area contributed by atoms with Gasteiger partial charge in [0.25, 0.3) is 5.91 Å². The molecule has 7 nitrogen and oxygen atoms in total. The molecule has 2 aromatic carbocycles. The molecule has 1 aliphatic rings. The topological polar surface area (TPSA) is 85.4 Å². The van der Waals surface area contributed by atoms with Crippen LogP contribution in [0.3, 0.4) is 0 Å². The van der Waals surface area contributed by atoms with Gasteiger partial charge in [-0.2, -0.15) is 0 Å². The molecular formula is C20H18N4O3. The van der Waals surface area contributed by atoms with Gasteiger partial charge in [0.2, 0.25) is 6.79 Å². The number of aromatic nitrogens is 2. The Morgan fingerprint density at radius 1 is 0.889 bits per heavy atom. The molecule has 1 aromatic heterocycles. The molecule has 0 spiro atoms. The number of benzene rings is 2. The van der Waals surface area contributed by atoms with Crippen LogP contribution >= 0.6 is 0 Å². The summed E-state index contributed by atoms with van der Waals surface area (Å²) in [5.74, 6) is 1.86. The molecule has 4 rings (SSSR count). The number of nitrogens with one attached hydrogen (secondary N) is 2. The molecule has 7 heteroatoms. The molecule has 27 heavy (non-hydrogen) atoms. The van der Waals surface area contributed by atoms with Crippen molar-refractivity contribution in [2.75, 3.05) is 17.4 Å². The van der Waals surface area contributed by atoms with Crippen LogP contribution in [-0.2, 0) is 0 Å². The van der Waals surface area contributed by atoms with E-state index in [2.05, 4.69) is 26.9 Å². The molecule has 2 heterocycles. The van der Waals surface area contributed by atoms with Crippen LogP contribution in [0.15, 0.2) is 48.5 Å². The van der Waals surface area contributed by atoms with Crippen molar-refractivity contribution >= 4 is 23.2 Å². The second-order valence-corrected chi connectivity index (χ2v) is 6.33. The van der Waals surface area contributed by atoms with Gasteiger partial charge in [0, 0.05) is 11.3 Å². The Morgan fingerprint density at radius 2 is 1.59 bits per heavy atom. The highest BCUT2D eigenvalue weighted by Crippen LogP contribution is 2.32. The van der Waals surface area contributed by atoms with E-state index in [-0.39, 0.29) is 12.7 Å². The van der Waals surface area contributed by atoms with Gasteiger partial charge >= 0.3 is 0 Å². The predicted octanol–water partition coefficient (Wildman–Crippen LogP) is 3.82. The van der Waals surface area contributed by atoms with E-state index in [0.29, 0.717) is 28.7 Å². The standard InChI is InChI=1S/C20H18N4O3/c1-12-7-13(2)9-15(8-12)21-18-5-6-19(24-23-18)22-20(25)14-3-4-16-17(10-14)27-11-26-16/h3-10H,11H2,1-2H3,(H,21,23)(H,22,24,25). The number of rotatable bonds is 4. The summed E-state index contributed by atoms with van der Waals surface area (Å²) in [6.07, 6.45) is 0. The number of nitrogens with zero attached hydrogens (tertiary/aromatic N) is 2. The van der Waals surface area contributed by atoms with Gasteiger partial charge in [-0.1, -0.05) is 6.07 Å². The minimum absolute atomic E-state index is 0.167. The van der Waals surface area contributed by atoms with Crippen LogP contribution in [0.25, 0.3) is 0 Å². The lowest BCUT2D eigenvalue weighted by atomic mass is 10.1. The highest BCUT2D eigenvalue weighted by Gasteiger charge is 2.16. The average molecular weight is 362 g/mol. The van der Waals surface area contributed by atoms with Crippen molar-refractivity contribution in [2.45, 2.75) is 13.8 Å². The van der Waals surface area contributed by atoms with E-state index in [4.69, 9.17) is 9.47 Å². The van der Waals surface area contributed by atoms with E-state index in [9.17, 15) is 4.79 Å². The lowest BCUT2D eigenvalue weighted by Gasteiger charge is -2.08. The number of hydrogen-bond acceptors (Lipinski definition) is 6. The Bertz CT molecular complexity index is 982. The van der Waals surface area contributed by atoms with Crippen molar-refractivity contribution in [1.82, 2.24) is 10.2 Å². The quantitative estimate of drug-likeness (QED) is 0.734. The van der Waals surface area contributed by atoms with Crippen LogP contribution in [-0.4, -0.2) is 22.9 Å². The zero-order chi connectivity index (χ0) is 18.8. The summed E-state index contributed by atoms with van der Waals surface area (Å²) < 4.78 is 10.5. The normalized spacial score (nSPS) is 11.9. The number of amides is 1. The summed E-state index contributed by atoms with van der Waals surface area (Å²) in [5.41, 5.74) is 3.73. The molecule has 0 unspecified atom stereocenters. The van der Waals surface area contributed by atoms with Crippen LogP contribution in [0, 0.1) is 13.8 Å². The Labute approximate surface area is 156 Å². The Morgan fingerprint density at radius 3 is 2.33 bits per heavy atom. The van der Waals surface area contributed by atoms with Crippen molar-refractivity contribution in [3.8, 4) is 11.5 Å². The van der Waals surface area contributed by atoms with E-state index in [0.717, 1.165) is 16.8 Å². The molecule has 0 atom stereocenters. The number of anilines is 3. The van der Waals surface area contributed by atoms with Crippen LogP contribution in [0.5, 0.6) is 11.5 Å². The Kier molecular flexibility index (Phi) is 4.33. The third-order valence-electron chi connectivity index (χ3n) is 4.03. The molecule has 2 N–H and O–H groups in total. The lowest BCUT2D eigenvalue weighted by Crippen LogP contribution is -2.13. The summed E-state index contributed by atoms with van der Waals surface area (Å²) in [7, 11) is 0. The highest BCUT2D eigenvalue weighted by atomic mass is 16.7. The van der Waals surface area contributed by atoms with E-state index in [1.807, 2.05) is 26.0 Å². The van der Waals surface area contributed by atoms with Gasteiger partial charge in [-0.25, -0.2) is 0 Å². The fourth-order valence-corrected chi connectivity index (χ4v) is 2.89. The van der Waals surface area contributed by atoms with Crippen molar-refractivity contribution in [1.29, 1.82) is 0 Å². The number of aryl methyl sites for hydroxylation is 2. The van der Waals surface area contributed by atoms with Gasteiger partial charge in [-0.3, -0.25) is 4.79 Å². The van der Waals surface area contributed by atoms with E-state index >= 15 is 0 Å². The first-order valence-corrected chi connectivity index (χ1v) is 8.47. The molecule has 3 aromatic rings. The maximum atomic E-state index is 12.4. The zero-order valence-electron chi connectivity index (χ0n) is 14.9. The number of carbonyl (C=O) groups is 1. The third-order valence-corrected chi connectivity index (χ3v) is 4.03. The summed E-state index contributed by atoms with van der Waals surface area (Å²) in [6.45, 7) is 4.25. The number of ether oxygens (including phenoxy) is 2. The fraction of sp³-hybridized carbons (Fsp3) is 0.150. The van der Waals surface area contributed by atoms with Gasteiger partial charge in [0.15, 0.2) is 23.1 Å². The molecule has 0 radical (unpaired) electrons. The van der Waals surface area contributed by atoms with E-state index in [1.54, 1.807) is 30.3 Å². The van der Waals surface area contributed by atoms with Crippen LogP contribution in [0.2, 0.25) is 0 Å². The van der Waals surface area contributed by atoms with Crippen LogP contribution < -0.4 is 20.1 Å². The molecule has 0 fully saturated rings. The molecule has 136 valence electrons. The predicted molar refractivity (Wildman–Crippen MR) is 102 cm³/mol. The van der Waals surface area contributed by atoms with Gasteiger partial charge < -0.3 is 20.1 Å². The molecular weight excluding hydrogens is 344 g/mol. The summed E-state index contributed by atoms with van der Waals surface area (Å²) in [5, 5.41) is 14.1.